The van der Waals surface area contributed by atoms with Gasteiger partial charge < -0.3 is 4.90 Å². The second-order valence-corrected chi connectivity index (χ2v) is 9.55. The zero-order valence-electron chi connectivity index (χ0n) is 12.7. The van der Waals surface area contributed by atoms with Crippen LogP contribution in [0.1, 0.15) is 40.5 Å². The van der Waals surface area contributed by atoms with Crippen LogP contribution >= 0.6 is 0 Å². The summed E-state index contributed by atoms with van der Waals surface area (Å²) in [6, 6.07) is 0. The van der Waals surface area contributed by atoms with Gasteiger partial charge in [0.15, 0.2) is 0 Å². The van der Waals surface area contributed by atoms with E-state index in [2.05, 4.69) is 18.7 Å². The number of hydrogen-bond donors (Lipinski definition) is 0. The first-order valence-electron chi connectivity index (χ1n) is 7.46. The Morgan fingerprint density at radius 1 is 1.05 bits per heavy atom. The molecular formula is C14H28N2O2S. The van der Waals surface area contributed by atoms with E-state index in [9.17, 15) is 8.42 Å². The molecule has 2 heterocycles. The van der Waals surface area contributed by atoms with Crippen LogP contribution in [0.25, 0.3) is 0 Å². The molecule has 0 unspecified atom stereocenters. The monoisotopic (exact) mass is 288 g/mol. The molecule has 1 spiro atoms. The molecule has 0 aromatic heterocycles. The summed E-state index contributed by atoms with van der Waals surface area (Å²) in [4.78, 5) is 2.51. The van der Waals surface area contributed by atoms with Crippen LogP contribution in [0.5, 0.6) is 0 Å². The van der Waals surface area contributed by atoms with E-state index in [1.165, 1.54) is 19.6 Å². The lowest BCUT2D eigenvalue weighted by molar-refractivity contribution is -0.0398. The average Bonchev–Trinajstić information content (AvgIpc) is 2.26. The molecule has 0 radical (unpaired) electrons. The van der Waals surface area contributed by atoms with Crippen LogP contribution in [-0.2, 0) is 10.0 Å². The maximum Gasteiger partial charge on any atom is 0.216 e. The zero-order valence-corrected chi connectivity index (χ0v) is 13.5. The summed E-state index contributed by atoms with van der Waals surface area (Å²) in [7, 11) is -3.05. The number of hydrogen-bond acceptors (Lipinski definition) is 3. The van der Waals surface area contributed by atoms with Crippen molar-refractivity contribution in [3.8, 4) is 0 Å². The lowest BCUT2D eigenvalue weighted by Gasteiger charge is -2.54. The van der Waals surface area contributed by atoms with Gasteiger partial charge in [-0.15, -0.1) is 0 Å². The van der Waals surface area contributed by atoms with Crippen LogP contribution in [-0.4, -0.2) is 55.6 Å². The average molecular weight is 288 g/mol. The van der Waals surface area contributed by atoms with Gasteiger partial charge in [-0.25, -0.2) is 12.7 Å². The molecule has 2 aliphatic heterocycles. The molecule has 2 aliphatic rings. The molecule has 0 aliphatic carbocycles. The summed E-state index contributed by atoms with van der Waals surface area (Å²) in [6.07, 6.45) is 2.07. The number of piperidine rings is 1. The van der Waals surface area contributed by atoms with Crippen molar-refractivity contribution in [1.82, 2.24) is 9.21 Å². The largest absolute Gasteiger partial charge is 0.302 e. The topological polar surface area (TPSA) is 40.6 Å². The highest BCUT2D eigenvalue weighted by molar-refractivity contribution is 7.89. The van der Waals surface area contributed by atoms with Gasteiger partial charge in [0.05, 0.1) is 5.25 Å². The molecule has 0 aromatic carbocycles. The van der Waals surface area contributed by atoms with Gasteiger partial charge in [0.1, 0.15) is 0 Å². The molecule has 0 aromatic rings. The Balaban J connectivity index is 1.85. The van der Waals surface area contributed by atoms with E-state index in [4.69, 9.17) is 0 Å². The van der Waals surface area contributed by atoms with Crippen molar-refractivity contribution in [2.45, 2.75) is 45.8 Å². The van der Waals surface area contributed by atoms with Crippen molar-refractivity contribution >= 4 is 10.0 Å². The first-order chi connectivity index (χ1) is 8.75. The Labute approximate surface area is 118 Å². The van der Waals surface area contributed by atoms with Crippen molar-refractivity contribution in [3.05, 3.63) is 0 Å². The number of sulfonamides is 1. The minimum atomic E-state index is -3.05. The fourth-order valence-corrected chi connectivity index (χ4v) is 4.67. The first kappa shape index (κ1) is 15.3. The van der Waals surface area contributed by atoms with Crippen molar-refractivity contribution in [3.63, 3.8) is 0 Å². The predicted molar refractivity (Wildman–Crippen MR) is 78.6 cm³/mol. The highest BCUT2D eigenvalue weighted by Gasteiger charge is 2.46. The smallest absolute Gasteiger partial charge is 0.216 e. The van der Waals surface area contributed by atoms with E-state index in [1.807, 2.05) is 0 Å². The van der Waals surface area contributed by atoms with Crippen LogP contribution < -0.4 is 0 Å². The molecule has 0 saturated carbocycles. The van der Waals surface area contributed by atoms with E-state index >= 15 is 0 Å². The molecule has 0 atom stereocenters. The third kappa shape index (κ3) is 3.14. The van der Waals surface area contributed by atoms with Crippen molar-refractivity contribution in [2.75, 3.05) is 32.7 Å². The summed E-state index contributed by atoms with van der Waals surface area (Å²) in [5.41, 5.74) is 0.415. The second kappa shape index (κ2) is 5.34. The normalized spacial score (nSPS) is 25.2. The quantitative estimate of drug-likeness (QED) is 0.792. The van der Waals surface area contributed by atoms with Crippen LogP contribution in [0.3, 0.4) is 0 Å². The Morgan fingerprint density at radius 3 is 2.00 bits per heavy atom. The van der Waals surface area contributed by atoms with Gasteiger partial charge in [0.25, 0.3) is 0 Å². The maximum atomic E-state index is 12.1. The van der Waals surface area contributed by atoms with E-state index in [0.29, 0.717) is 5.41 Å². The van der Waals surface area contributed by atoms with E-state index in [-0.39, 0.29) is 5.25 Å². The predicted octanol–water partition coefficient (Wildman–Crippen LogP) is 1.78. The van der Waals surface area contributed by atoms with Gasteiger partial charge in [0.2, 0.25) is 10.0 Å². The summed E-state index contributed by atoms with van der Waals surface area (Å²) >= 11 is 0. The molecule has 112 valence electrons. The van der Waals surface area contributed by atoms with Crippen LogP contribution in [0.15, 0.2) is 0 Å². The Morgan fingerprint density at radius 2 is 1.58 bits per heavy atom. The molecular weight excluding hydrogens is 260 g/mol. The highest BCUT2D eigenvalue weighted by Crippen LogP contribution is 2.41. The highest BCUT2D eigenvalue weighted by atomic mass is 32.2. The molecule has 19 heavy (non-hydrogen) atoms. The van der Waals surface area contributed by atoms with Crippen LogP contribution in [0.4, 0.5) is 0 Å². The summed E-state index contributed by atoms with van der Waals surface area (Å²) in [6.45, 7) is 13.0. The van der Waals surface area contributed by atoms with Gasteiger partial charge in [-0.2, -0.15) is 0 Å². The minimum absolute atomic E-state index is 0.291. The fourth-order valence-electron chi connectivity index (χ4n) is 3.38. The molecule has 4 nitrogen and oxygen atoms in total. The second-order valence-electron chi connectivity index (χ2n) is 7.06. The summed E-state index contributed by atoms with van der Waals surface area (Å²) in [5.74, 6) is 0.721. The summed E-state index contributed by atoms with van der Waals surface area (Å²) < 4.78 is 26.0. The molecule has 2 saturated heterocycles. The van der Waals surface area contributed by atoms with Crippen molar-refractivity contribution in [2.24, 2.45) is 11.3 Å². The fraction of sp³-hybridized carbons (Fsp3) is 1.00. The lowest BCUT2D eigenvalue weighted by atomic mass is 9.72. The number of nitrogens with zero attached hydrogens (tertiary/aromatic N) is 2. The standard InChI is InChI=1S/C14H28N2O2S/c1-12(2)9-15-10-14(11-15)5-7-16(8-6-14)19(17,18)13(3)4/h12-13H,5-11H2,1-4H3. The molecule has 2 fully saturated rings. The lowest BCUT2D eigenvalue weighted by Crippen LogP contribution is -2.61. The third-order valence-corrected chi connectivity index (χ3v) is 6.76. The third-order valence-electron chi connectivity index (χ3n) is 4.48. The Hall–Kier alpha value is -0.130. The molecule has 2 rings (SSSR count). The molecule has 0 bridgehead atoms. The van der Waals surface area contributed by atoms with Crippen molar-refractivity contribution < 1.29 is 8.42 Å². The molecule has 5 heteroatoms. The van der Waals surface area contributed by atoms with Crippen LogP contribution in [0, 0.1) is 11.3 Å². The SMILES string of the molecule is CC(C)CN1CC2(CCN(S(=O)(=O)C(C)C)CC2)C1. The molecule has 0 amide bonds. The maximum absolute atomic E-state index is 12.1. The molecule has 0 N–H and O–H groups in total. The first-order valence-corrected chi connectivity index (χ1v) is 8.97. The number of likely N-dealkylation sites (tertiary alicyclic amines) is 1. The van der Waals surface area contributed by atoms with Gasteiger partial charge in [-0.1, -0.05) is 13.8 Å². The van der Waals surface area contributed by atoms with Crippen molar-refractivity contribution in [1.29, 1.82) is 0 Å². The van der Waals surface area contributed by atoms with E-state index < -0.39 is 10.0 Å². The van der Waals surface area contributed by atoms with Gasteiger partial charge in [0, 0.05) is 32.7 Å². The van der Waals surface area contributed by atoms with Gasteiger partial charge >= 0.3 is 0 Å². The number of rotatable bonds is 4. The Kier molecular flexibility index (Phi) is 4.29. The van der Waals surface area contributed by atoms with Crippen LogP contribution in [0.2, 0.25) is 0 Å². The zero-order chi connectivity index (χ0) is 14.3. The van der Waals surface area contributed by atoms with Gasteiger partial charge in [-0.3, -0.25) is 0 Å². The van der Waals surface area contributed by atoms with E-state index in [1.54, 1.807) is 18.2 Å². The Bertz CT molecular complexity index is 401. The summed E-state index contributed by atoms with van der Waals surface area (Å²) in [5, 5.41) is -0.291. The van der Waals surface area contributed by atoms with Gasteiger partial charge in [-0.05, 0) is 38.0 Å². The van der Waals surface area contributed by atoms with E-state index in [0.717, 1.165) is 31.8 Å². The minimum Gasteiger partial charge on any atom is -0.302 e.